The summed E-state index contributed by atoms with van der Waals surface area (Å²) in [5.41, 5.74) is 0.960. The van der Waals surface area contributed by atoms with E-state index < -0.39 is 17.7 Å². The van der Waals surface area contributed by atoms with Crippen LogP contribution in [0.1, 0.15) is 40.4 Å². The molecule has 1 heterocycles. The molecule has 0 aliphatic rings. The quantitative estimate of drug-likeness (QED) is 0.307. The largest absolute Gasteiger partial charge is 0.462 e. The van der Waals surface area contributed by atoms with Crippen LogP contribution in [0, 0.1) is 5.82 Å². The highest BCUT2D eigenvalue weighted by Gasteiger charge is 2.15. The third kappa shape index (κ3) is 7.12. The van der Waals surface area contributed by atoms with E-state index in [9.17, 15) is 18.8 Å². The van der Waals surface area contributed by atoms with Crippen molar-refractivity contribution in [1.29, 1.82) is 0 Å². The molecule has 0 unspecified atom stereocenters. The van der Waals surface area contributed by atoms with E-state index in [4.69, 9.17) is 4.74 Å². The van der Waals surface area contributed by atoms with Crippen molar-refractivity contribution in [3.63, 3.8) is 0 Å². The number of nitrogens with zero attached hydrogens (tertiary/aromatic N) is 3. The van der Waals surface area contributed by atoms with Gasteiger partial charge in [0.05, 0.1) is 23.5 Å². The summed E-state index contributed by atoms with van der Waals surface area (Å²) in [5, 5.41) is 14.4. The number of aromatic nitrogens is 3. The summed E-state index contributed by atoms with van der Waals surface area (Å²) in [6.45, 7) is 4.81. The second kappa shape index (κ2) is 12.7. The molecule has 35 heavy (non-hydrogen) atoms. The first kappa shape index (κ1) is 25.9. The standard InChI is InChI=1S/C24H26FN5O4S/c1-3-30-20(13-14-26-22(32)18-7-5-6-8-19(18)25)28-29-24(30)35-15-21(31)27-17-11-9-16(10-12-17)23(33)34-4-2/h5-12H,3-4,13-15H2,1-2H3,(H,26,32)(H,27,31). The van der Waals surface area contributed by atoms with Gasteiger partial charge in [0, 0.05) is 25.2 Å². The maximum atomic E-state index is 13.7. The van der Waals surface area contributed by atoms with Gasteiger partial charge in [-0.05, 0) is 50.2 Å². The highest BCUT2D eigenvalue weighted by Crippen LogP contribution is 2.18. The molecule has 0 radical (unpaired) electrons. The second-order valence-electron chi connectivity index (χ2n) is 7.26. The molecule has 184 valence electrons. The zero-order valence-corrected chi connectivity index (χ0v) is 20.2. The monoisotopic (exact) mass is 499 g/mol. The van der Waals surface area contributed by atoms with Crippen LogP contribution in [0.15, 0.2) is 53.7 Å². The van der Waals surface area contributed by atoms with Crippen molar-refractivity contribution in [1.82, 2.24) is 20.1 Å². The molecule has 3 rings (SSSR count). The Kier molecular flexibility index (Phi) is 9.36. The first-order chi connectivity index (χ1) is 16.9. The Morgan fingerprint density at radius 2 is 1.80 bits per heavy atom. The van der Waals surface area contributed by atoms with E-state index in [-0.39, 0.29) is 23.8 Å². The number of hydrogen-bond donors (Lipinski definition) is 2. The summed E-state index contributed by atoms with van der Waals surface area (Å²) in [6.07, 6.45) is 0.403. The smallest absolute Gasteiger partial charge is 0.338 e. The highest BCUT2D eigenvalue weighted by molar-refractivity contribution is 7.99. The lowest BCUT2D eigenvalue weighted by molar-refractivity contribution is -0.113. The normalized spacial score (nSPS) is 10.6. The van der Waals surface area contributed by atoms with Crippen LogP contribution >= 0.6 is 11.8 Å². The van der Waals surface area contributed by atoms with Gasteiger partial charge in [0.1, 0.15) is 11.6 Å². The molecule has 0 bridgehead atoms. The molecule has 9 nitrogen and oxygen atoms in total. The van der Waals surface area contributed by atoms with E-state index in [1.165, 1.54) is 30.0 Å². The van der Waals surface area contributed by atoms with Gasteiger partial charge in [0.25, 0.3) is 5.91 Å². The van der Waals surface area contributed by atoms with Crippen LogP contribution in [-0.2, 0) is 22.5 Å². The fourth-order valence-electron chi connectivity index (χ4n) is 3.19. The lowest BCUT2D eigenvalue weighted by atomic mass is 10.2. The first-order valence-electron chi connectivity index (χ1n) is 11.1. The molecular formula is C24H26FN5O4S. The van der Waals surface area contributed by atoms with Crippen LogP contribution in [0.5, 0.6) is 0 Å². The number of hydrogen-bond acceptors (Lipinski definition) is 7. The molecule has 0 atom stereocenters. The van der Waals surface area contributed by atoms with Crippen molar-refractivity contribution in [2.24, 2.45) is 0 Å². The van der Waals surface area contributed by atoms with Gasteiger partial charge in [-0.2, -0.15) is 0 Å². The van der Waals surface area contributed by atoms with Crippen LogP contribution in [0.4, 0.5) is 10.1 Å². The van der Waals surface area contributed by atoms with Crippen molar-refractivity contribution in [3.8, 4) is 0 Å². The third-order valence-corrected chi connectivity index (χ3v) is 5.84. The van der Waals surface area contributed by atoms with Crippen molar-refractivity contribution in [2.45, 2.75) is 32.0 Å². The summed E-state index contributed by atoms with van der Waals surface area (Å²) in [6, 6.07) is 12.2. The summed E-state index contributed by atoms with van der Waals surface area (Å²) < 4.78 is 20.5. The minimum atomic E-state index is -0.575. The molecule has 0 saturated heterocycles. The maximum absolute atomic E-state index is 13.7. The molecule has 3 aromatic rings. The Morgan fingerprint density at radius 1 is 1.06 bits per heavy atom. The summed E-state index contributed by atoms with van der Waals surface area (Å²) in [5.74, 6) is -0.952. The van der Waals surface area contributed by atoms with Crippen LogP contribution in [0.3, 0.4) is 0 Å². The lowest BCUT2D eigenvalue weighted by Crippen LogP contribution is -2.27. The van der Waals surface area contributed by atoms with Crippen molar-refractivity contribution in [2.75, 3.05) is 24.2 Å². The topological polar surface area (TPSA) is 115 Å². The zero-order valence-electron chi connectivity index (χ0n) is 19.4. The molecule has 0 spiro atoms. The average molecular weight is 500 g/mol. The number of rotatable bonds is 11. The molecule has 0 aliphatic carbocycles. The van der Waals surface area contributed by atoms with E-state index in [2.05, 4.69) is 20.8 Å². The number of benzene rings is 2. The number of amides is 2. The van der Waals surface area contributed by atoms with Gasteiger partial charge in [0.2, 0.25) is 5.91 Å². The molecule has 2 amide bonds. The lowest BCUT2D eigenvalue weighted by Gasteiger charge is -2.09. The Bertz CT molecular complexity index is 1180. The Balaban J connectivity index is 1.50. The van der Waals surface area contributed by atoms with E-state index in [0.717, 1.165) is 0 Å². The first-order valence-corrected chi connectivity index (χ1v) is 12.1. The number of nitrogens with one attached hydrogen (secondary N) is 2. The molecule has 0 aliphatic heterocycles. The van der Waals surface area contributed by atoms with E-state index in [0.29, 0.717) is 41.8 Å². The fourth-order valence-corrected chi connectivity index (χ4v) is 4.01. The van der Waals surface area contributed by atoms with Crippen molar-refractivity contribution < 1.29 is 23.5 Å². The number of halogens is 1. The number of anilines is 1. The molecular weight excluding hydrogens is 473 g/mol. The number of esters is 1. The van der Waals surface area contributed by atoms with Crippen LogP contribution < -0.4 is 10.6 Å². The van der Waals surface area contributed by atoms with Gasteiger partial charge in [0.15, 0.2) is 5.16 Å². The van der Waals surface area contributed by atoms with Gasteiger partial charge in [-0.1, -0.05) is 23.9 Å². The summed E-state index contributed by atoms with van der Waals surface area (Å²) in [4.78, 5) is 36.2. The third-order valence-electron chi connectivity index (χ3n) is 4.87. The van der Waals surface area contributed by atoms with E-state index >= 15 is 0 Å². The Hall–Kier alpha value is -3.73. The molecule has 0 fully saturated rings. The van der Waals surface area contributed by atoms with Crippen molar-refractivity contribution >= 4 is 35.2 Å². The van der Waals surface area contributed by atoms with Gasteiger partial charge < -0.3 is 19.9 Å². The SMILES string of the molecule is CCOC(=O)c1ccc(NC(=O)CSc2nnc(CCNC(=O)c3ccccc3F)n2CC)cc1. The van der Waals surface area contributed by atoms with E-state index in [1.54, 1.807) is 37.3 Å². The number of carbonyl (C=O) groups is 3. The van der Waals surface area contributed by atoms with Crippen LogP contribution in [0.25, 0.3) is 0 Å². The van der Waals surface area contributed by atoms with Gasteiger partial charge >= 0.3 is 5.97 Å². The average Bonchev–Trinajstić information content (AvgIpc) is 3.25. The Labute approximate surface area is 206 Å². The minimum Gasteiger partial charge on any atom is -0.462 e. The van der Waals surface area contributed by atoms with E-state index in [1.807, 2.05) is 11.5 Å². The van der Waals surface area contributed by atoms with Crippen LogP contribution in [0.2, 0.25) is 0 Å². The van der Waals surface area contributed by atoms with Gasteiger partial charge in [-0.3, -0.25) is 9.59 Å². The van der Waals surface area contributed by atoms with Gasteiger partial charge in [-0.25, -0.2) is 9.18 Å². The predicted molar refractivity (Wildman–Crippen MR) is 130 cm³/mol. The van der Waals surface area contributed by atoms with Crippen LogP contribution in [-0.4, -0.2) is 51.5 Å². The van der Waals surface area contributed by atoms with Crippen molar-refractivity contribution in [3.05, 3.63) is 71.3 Å². The predicted octanol–water partition coefficient (Wildman–Crippen LogP) is 3.32. The molecule has 11 heteroatoms. The zero-order chi connectivity index (χ0) is 25.2. The summed E-state index contributed by atoms with van der Waals surface area (Å²) >= 11 is 1.24. The number of thioether (sulfide) groups is 1. The number of carbonyl (C=O) groups excluding carboxylic acids is 3. The molecule has 2 N–H and O–H groups in total. The van der Waals surface area contributed by atoms with Gasteiger partial charge in [-0.15, -0.1) is 10.2 Å². The molecule has 0 saturated carbocycles. The Morgan fingerprint density at radius 3 is 2.49 bits per heavy atom. The molecule has 1 aromatic heterocycles. The second-order valence-corrected chi connectivity index (χ2v) is 8.21. The molecule has 2 aromatic carbocycles. The fraction of sp³-hybridized carbons (Fsp3) is 0.292. The maximum Gasteiger partial charge on any atom is 0.338 e. The summed E-state index contributed by atoms with van der Waals surface area (Å²) in [7, 11) is 0. The minimum absolute atomic E-state index is 0.0118. The number of ether oxygens (including phenoxy) is 1. The highest BCUT2D eigenvalue weighted by atomic mass is 32.2.